The third kappa shape index (κ3) is 2.96. The maximum Gasteiger partial charge on any atom is 0.0876 e. The van der Waals surface area contributed by atoms with E-state index in [1.807, 2.05) is 22.6 Å². The Kier molecular flexibility index (Phi) is 4.65. The van der Waals surface area contributed by atoms with Gasteiger partial charge in [-0.25, -0.2) is 0 Å². The summed E-state index contributed by atoms with van der Waals surface area (Å²) in [5.41, 5.74) is 2.86. The van der Waals surface area contributed by atoms with Crippen LogP contribution in [0.25, 0.3) is 0 Å². The van der Waals surface area contributed by atoms with Crippen LogP contribution in [-0.2, 0) is 19.9 Å². The molecule has 0 bridgehead atoms. The highest BCUT2D eigenvalue weighted by molar-refractivity contribution is 9.10. The third-order valence-corrected chi connectivity index (χ3v) is 4.34. The van der Waals surface area contributed by atoms with E-state index < -0.39 is 6.10 Å². The van der Waals surface area contributed by atoms with Gasteiger partial charge in [0.15, 0.2) is 0 Å². The molecule has 0 aliphatic rings. The van der Waals surface area contributed by atoms with Crippen LogP contribution in [0, 0.1) is 0 Å². The number of hydrogen-bond acceptors (Lipinski definition) is 3. The van der Waals surface area contributed by atoms with Crippen LogP contribution in [0.1, 0.15) is 49.9 Å². The molecule has 5 nitrogen and oxygen atoms in total. The molecule has 1 atom stereocenters. The molecule has 2 aromatic rings. The second kappa shape index (κ2) is 6.10. The zero-order valence-corrected chi connectivity index (χ0v) is 13.9. The fraction of sp³-hybridized carbons (Fsp3) is 0.571. The quantitative estimate of drug-likeness (QED) is 0.910. The average molecular weight is 341 g/mol. The molecule has 0 radical (unpaired) electrons. The largest absolute Gasteiger partial charge is 0.388 e. The first-order valence-corrected chi connectivity index (χ1v) is 7.65. The molecule has 0 fully saturated rings. The Morgan fingerprint density at radius 1 is 1.40 bits per heavy atom. The van der Waals surface area contributed by atoms with Crippen LogP contribution in [0.2, 0.25) is 0 Å². The van der Waals surface area contributed by atoms with Crippen molar-refractivity contribution in [2.75, 3.05) is 0 Å². The third-order valence-electron chi connectivity index (χ3n) is 3.42. The summed E-state index contributed by atoms with van der Waals surface area (Å²) in [6.45, 7) is 6.20. The first-order valence-electron chi connectivity index (χ1n) is 6.86. The number of aliphatic hydroxyl groups excluding tert-OH is 1. The first-order chi connectivity index (χ1) is 9.43. The highest BCUT2D eigenvalue weighted by atomic mass is 79.9. The highest BCUT2D eigenvalue weighted by Gasteiger charge is 2.18. The van der Waals surface area contributed by atoms with Gasteiger partial charge in [-0.05, 0) is 36.2 Å². The van der Waals surface area contributed by atoms with Crippen molar-refractivity contribution < 1.29 is 5.11 Å². The van der Waals surface area contributed by atoms with Crippen molar-refractivity contribution in [2.24, 2.45) is 7.05 Å². The Morgan fingerprint density at radius 3 is 2.60 bits per heavy atom. The molecule has 2 aromatic heterocycles. The van der Waals surface area contributed by atoms with E-state index in [2.05, 4.69) is 46.9 Å². The fourth-order valence-electron chi connectivity index (χ4n) is 2.15. The Balaban J connectivity index is 2.18. The van der Waals surface area contributed by atoms with Crippen molar-refractivity contribution in [3.8, 4) is 0 Å². The van der Waals surface area contributed by atoms with Crippen molar-refractivity contribution in [3.63, 3.8) is 0 Å². The van der Waals surface area contributed by atoms with Gasteiger partial charge in [-0.1, -0.05) is 6.92 Å². The molecular weight excluding hydrogens is 320 g/mol. The number of nitrogens with zero attached hydrogens (tertiary/aromatic N) is 4. The van der Waals surface area contributed by atoms with E-state index >= 15 is 0 Å². The Bertz CT molecular complexity index is 588. The lowest BCUT2D eigenvalue weighted by atomic mass is 10.1. The normalized spacial score (nSPS) is 13.2. The van der Waals surface area contributed by atoms with Gasteiger partial charge in [0.25, 0.3) is 0 Å². The molecule has 0 aliphatic carbocycles. The van der Waals surface area contributed by atoms with Gasteiger partial charge in [-0.2, -0.15) is 10.2 Å². The molecule has 110 valence electrons. The van der Waals surface area contributed by atoms with Crippen molar-refractivity contribution in [1.82, 2.24) is 19.6 Å². The molecular formula is C14H21BrN4O. The monoisotopic (exact) mass is 340 g/mol. The lowest BCUT2D eigenvalue weighted by Crippen LogP contribution is -2.06. The average Bonchev–Trinajstić information content (AvgIpc) is 2.98. The lowest BCUT2D eigenvalue weighted by molar-refractivity contribution is 0.175. The summed E-state index contributed by atoms with van der Waals surface area (Å²) < 4.78 is 4.69. The summed E-state index contributed by atoms with van der Waals surface area (Å²) in [4.78, 5) is 0. The molecule has 1 unspecified atom stereocenters. The van der Waals surface area contributed by atoms with Gasteiger partial charge < -0.3 is 5.11 Å². The molecule has 0 aliphatic heterocycles. The van der Waals surface area contributed by atoms with Crippen LogP contribution in [0.5, 0.6) is 0 Å². The minimum Gasteiger partial charge on any atom is -0.388 e. The SMILES string of the molecule is CCc1nn(C)c(CC(O)c2cnn(C(C)C)c2)c1Br. The number of aliphatic hydroxyl groups is 1. The van der Waals surface area contributed by atoms with Gasteiger partial charge in [0, 0.05) is 31.3 Å². The second-order valence-corrected chi connectivity index (χ2v) is 6.04. The molecule has 0 spiro atoms. The van der Waals surface area contributed by atoms with Gasteiger partial charge in [-0.15, -0.1) is 0 Å². The topological polar surface area (TPSA) is 55.9 Å². The standard InChI is InChI=1S/C14H21BrN4O/c1-5-11-14(15)12(18(4)17-11)6-13(20)10-7-16-19(8-10)9(2)3/h7-9,13,20H,5-6H2,1-4H3. The van der Waals surface area contributed by atoms with Gasteiger partial charge in [0.2, 0.25) is 0 Å². The zero-order valence-electron chi connectivity index (χ0n) is 12.3. The number of hydrogen-bond donors (Lipinski definition) is 1. The maximum absolute atomic E-state index is 10.4. The van der Waals surface area contributed by atoms with E-state index in [9.17, 15) is 5.11 Å². The number of halogens is 1. The summed E-state index contributed by atoms with van der Waals surface area (Å²) in [5.74, 6) is 0. The molecule has 6 heteroatoms. The zero-order chi connectivity index (χ0) is 14.9. The van der Waals surface area contributed by atoms with Crippen molar-refractivity contribution in [1.29, 1.82) is 0 Å². The molecule has 0 saturated carbocycles. The minimum atomic E-state index is -0.570. The lowest BCUT2D eigenvalue weighted by Gasteiger charge is -2.09. The van der Waals surface area contributed by atoms with Crippen LogP contribution < -0.4 is 0 Å². The van der Waals surface area contributed by atoms with Crippen LogP contribution in [0.4, 0.5) is 0 Å². The maximum atomic E-state index is 10.4. The molecule has 2 rings (SSSR count). The summed E-state index contributed by atoms with van der Waals surface area (Å²) in [6.07, 6.45) is 4.46. The van der Waals surface area contributed by atoms with Crippen molar-refractivity contribution >= 4 is 15.9 Å². The van der Waals surface area contributed by atoms with E-state index in [-0.39, 0.29) is 0 Å². The minimum absolute atomic E-state index is 0.297. The molecule has 0 amide bonds. The van der Waals surface area contributed by atoms with E-state index in [1.54, 1.807) is 6.20 Å². The second-order valence-electron chi connectivity index (χ2n) is 5.25. The van der Waals surface area contributed by atoms with Gasteiger partial charge >= 0.3 is 0 Å². The Morgan fingerprint density at radius 2 is 2.10 bits per heavy atom. The van der Waals surface area contributed by atoms with Crippen LogP contribution in [0.15, 0.2) is 16.9 Å². The predicted octanol–water partition coefficient (Wildman–Crippen LogP) is 2.80. The summed E-state index contributed by atoms with van der Waals surface area (Å²) in [5, 5.41) is 19.1. The van der Waals surface area contributed by atoms with Crippen molar-refractivity contribution in [3.05, 3.63) is 33.8 Å². The summed E-state index contributed by atoms with van der Waals surface area (Å²) in [6, 6.07) is 0.297. The number of aryl methyl sites for hydroxylation is 2. The molecule has 0 aromatic carbocycles. The first kappa shape index (κ1) is 15.3. The van der Waals surface area contributed by atoms with E-state index in [0.29, 0.717) is 12.5 Å². The van der Waals surface area contributed by atoms with E-state index in [1.165, 1.54) is 0 Å². The van der Waals surface area contributed by atoms with E-state index in [4.69, 9.17) is 0 Å². The van der Waals surface area contributed by atoms with E-state index in [0.717, 1.165) is 27.8 Å². The molecule has 20 heavy (non-hydrogen) atoms. The highest BCUT2D eigenvalue weighted by Crippen LogP contribution is 2.26. The van der Waals surface area contributed by atoms with Gasteiger partial charge in [0.05, 0.1) is 28.2 Å². The Hall–Kier alpha value is -1.14. The van der Waals surface area contributed by atoms with Crippen LogP contribution in [0.3, 0.4) is 0 Å². The molecule has 2 heterocycles. The predicted molar refractivity (Wildman–Crippen MR) is 81.6 cm³/mol. The van der Waals surface area contributed by atoms with Gasteiger partial charge in [0.1, 0.15) is 0 Å². The molecule has 1 N–H and O–H groups in total. The summed E-state index contributed by atoms with van der Waals surface area (Å²) >= 11 is 3.58. The van der Waals surface area contributed by atoms with Crippen LogP contribution >= 0.6 is 15.9 Å². The fourth-order valence-corrected chi connectivity index (χ4v) is 2.93. The number of aromatic nitrogens is 4. The smallest absolute Gasteiger partial charge is 0.0876 e. The van der Waals surface area contributed by atoms with Gasteiger partial charge in [-0.3, -0.25) is 9.36 Å². The van der Waals surface area contributed by atoms with Crippen molar-refractivity contribution in [2.45, 2.75) is 45.8 Å². The number of rotatable bonds is 5. The summed E-state index contributed by atoms with van der Waals surface area (Å²) in [7, 11) is 1.91. The molecule has 0 saturated heterocycles. The van der Waals surface area contributed by atoms with Crippen LogP contribution in [-0.4, -0.2) is 24.7 Å². The Labute approximate surface area is 127 Å².